The second-order valence-electron chi connectivity index (χ2n) is 16.1. The Balaban J connectivity index is 1.14. The van der Waals surface area contributed by atoms with Gasteiger partial charge in [-0.05, 0) is 39.4 Å². The number of carbonyl (C=O) groups is 3. The van der Waals surface area contributed by atoms with Crippen LogP contribution in [0.1, 0.15) is 51.8 Å². The van der Waals surface area contributed by atoms with E-state index >= 15 is 4.79 Å². The summed E-state index contributed by atoms with van der Waals surface area (Å²) < 4.78 is 5.29. The van der Waals surface area contributed by atoms with Crippen molar-refractivity contribution < 1.29 is 24.2 Å². The molecule has 63 heavy (non-hydrogen) atoms. The molecule has 314 valence electrons. The van der Waals surface area contributed by atoms with Gasteiger partial charge >= 0.3 is 5.97 Å². The van der Waals surface area contributed by atoms with Gasteiger partial charge < -0.3 is 25.8 Å². The third-order valence-electron chi connectivity index (χ3n) is 12.7. The number of aliphatic hydroxyl groups is 1. The van der Waals surface area contributed by atoms with Crippen LogP contribution in [0.3, 0.4) is 0 Å². The summed E-state index contributed by atoms with van der Waals surface area (Å²) in [6, 6.07) is 64.1. The van der Waals surface area contributed by atoms with Crippen molar-refractivity contribution in [3.8, 4) is 0 Å². The molecule has 2 heterocycles. The molecule has 1 saturated heterocycles. The van der Waals surface area contributed by atoms with Crippen molar-refractivity contribution in [2.45, 2.75) is 47.8 Å². The molecular formula is C54H48N4O5. The smallest absolute Gasteiger partial charge is 0.328 e. The van der Waals surface area contributed by atoms with E-state index in [4.69, 9.17) is 4.74 Å². The van der Waals surface area contributed by atoms with Gasteiger partial charge in [0.25, 0.3) is 0 Å². The largest absolute Gasteiger partial charge is 0.467 e. The number of nitrogens with zero attached hydrogens (tertiary/aromatic N) is 1. The van der Waals surface area contributed by atoms with Gasteiger partial charge in [-0.2, -0.15) is 0 Å². The van der Waals surface area contributed by atoms with Crippen molar-refractivity contribution in [3.05, 3.63) is 245 Å². The van der Waals surface area contributed by atoms with Crippen LogP contribution in [0.15, 0.2) is 206 Å². The monoisotopic (exact) mass is 832 g/mol. The number of para-hydroxylation sites is 1. The molecule has 0 radical (unpaired) electrons. The molecule has 0 unspecified atom stereocenters. The average Bonchev–Trinajstić information content (AvgIpc) is 3.80. The Morgan fingerprint density at radius 2 is 1.03 bits per heavy atom. The molecule has 4 atom stereocenters. The zero-order chi connectivity index (χ0) is 43.4. The number of esters is 1. The zero-order valence-electron chi connectivity index (χ0n) is 34.8. The molecule has 0 aromatic heterocycles. The number of amides is 2. The molecule has 7 aromatic rings. The van der Waals surface area contributed by atoms with E-state index in [1.165, 1.54) is 7.11 Å². The first-order valence-electron chi connectivity index (χ1n) is 21.2. The first kappa shape index (κ1) is 41.0. The predicted octanol–water partition coefficient (Wildman–Crippen LogP) is 7.85. The van der Waals surface area contributed by atoms with E-state index in [0.717, 1.165) is 39.1 Å². The topological polar surface area (TPSA) is 120 Å². The van der Waals surface area contributed by atoms with Crippen molar-refractivity contribution in [1.29, 1.82) is 0 Å². The number of hydrogen-bond acceptors (Lipinski definition) is 7. The number of likely N-dealkylation sites (tertiary alicyclic amines) is 1. The maximum absolute atomic E-state index is 15.4. The van der Waals surface area contributed by atoms with Crippen molar-refractivity contribution in [1.82, 2.24) is 15.5 Å². The second-order valence-corrected chi connectivity index (χ2v) is 16.1. The third-order valence-corrected chi connectivity index (χ3v) is 12.7. The number of methoxy groups -OCH3 is 1. The fourth-order valence-corrected chi connectivity index (χ4v) is 9.96. The minimum absolute atomic E-state index is 0.0268. The highest BCUT2D eigenvalue weighted by Crippen LogP contribution is 2.56. The lowest BCUT2D eigenvalue weighted by Gasteiger charge is -2.48. The molecule has 2 aliphatic rings. The Labute approximate surface area is 367 Å². The second kappa shape index (κ2) is 17.2. The van der Waals surface area contributed by atoms with E-state index in [1.54, 1.807) is 0 Å². The van der Waals surface area contributed by atoms with E-state index in [0.29, 0.717) is 5.56 Å². The van der Waals surface area contributed by atoms with E-state index in [-0.39, 0.29) is 6.42 Å². The molecular weight excluding hydrogens is 785 g/mol. The summed E-state index contributed by atoms with van der Waals surface area (Å²) >= 11 is 0. The van der Waals surface area contributed by atoms with Gasteiger partial charge in [0.1, 0.15) is 23.3 Å². The lowest BCUT2D eigenvalue weighted by Crippen LogP contribution is -2.61. The number of rotatable bonds is 13. The summed E-state index contributed by atoms with van der Waals surface area (Å²) in [5.74, 6) is -1.83. The maximum atomic E-state index is 15.4. The number of anilines is 1. The number of nitrogens with one attached hydrogen (secondary N) is 3. The first-order chi connectivity index (χ1) is 30.8. The van der Waals surface area contributed by atoms with Gasteiger partial charge in [-0.25, -0.2) is 4.79 Å². The Morgan fingerprint density at radius 3 is 1.46 bits per heavy atom. The normalized spacial score (nSPS) is 18.6. The maximum Gasteiger partial charge on any atom is 0.328 e. The molecule has 0 saturated carbocycles. The van der Waals surface area contributed by atoms with E-state index < -0.39 is 59.1 Å². The summed E-state index contributed by atoms with van der Waals surface area (Å²) in [5.41, 5.74) is 2.60. The molecule has 9 rings (SSSR count). The van der Waals surface area contributed by atoms with Gasteiger partial charge in [0.05, 0.1) is 25.1 Å². The summed E-state index contributed by atoms with van der Waals surface area (Å²) in [7, 11) is 1.24. The lowest BCUT2D eigenvalue weighted by molar-refractivity contribution is -0.147. The Bertz CT molecular complexity index is 2490. The quantitative estimate of drug-likeness (QED) is 0.0691. The van der Waals surface area contributed by atoms with Crippen LogP contribution in [-0.4, -0.2) is 53.1 Å². The Kier molecular flexibility index (Phi) is 11.2. The average molecular weight is 833 g/mol. The molecule has 1 fully saturated rings. The lowest BCUT2D eigenvalue weighted by atomic mass is 9.74. The van der Waals surface area contributed by atoms with Crippen LogP contribution in [0.2, 0.25) is 0 Å². The van der Waals surface area contributed by atoms with Crippen LogP contribution in [0, 0.1) is 0 Å². The minimum atomic E-state index is -1.54. The fraction of sp³-hybridized carbons (Fsp3) is 0.167. The number of benzene rings is 7. The number of fused-ring (bicyclic) bond motifs is 3. The van der Waals surface area contributed by atoms with Crippen LogP contribution >= 0.6 is 0 Å². The highest BCUT2D eigenvalue weighted by atomic mass is 16.5. The van der Waals surface area contributed by atoms with Crippen LogP contribution < -0.4 is 16.0 Å². The molecule has 4 N–H and O–H groups in total. The van der Waals surface area contributed by atoms with Gasteiger partial charge in [0, 0.05) is 17.7 Å². The molecule has 7 aromatic carbocycles. The number of hydrogen-bond donors (Lipinski definition) is 4. The van der Waals surface area contributed by atoms with Crippen molar-refractivity contribution in [2.75, 3.05) is 12.4 Å². The molecule has 2 amide bonds. The molecule has 9 nitrogen and oxygen atoms in total. The minimum Gasteiger partial charge on any atom is -0.467 e. The summed E-state index contributed by atoms with van der Waals surface area (Å²) in [5, 5.41) is 22.9. The first-order valence-corrected chi connectivity index (χ1v) is 21.2. The van der Waals surface area contributed by atoms with Crippen LogP contribution in [-0.2, 0) is 35.8 Å². The molecule has 2 aliphatic heterocycles. The van der Waals surface area contributed by atoms with Gasteiger partial charge in [-0.1, -0.05) is 200 Å². The number of ether oxygens (including phenoxy) is 1. The van der Waals surface area contributed by atoms with Crippen molar-refractivity contribution in [2.24, 2.45) is 0 Å². The van der Waals surface area contributed by atoms with E-state index in [2.05, 4.69) is 20.9 Å². The molecule has 0 bridgehead atoms. The zero-order valence-corrected chi connectivity index (χ0v) is 34.8. The van der Waals surface area contributed by atoms with Gasteiger partial charge in [-0.3, -0.25) is 14.5 Å². The van der Waals surface area contributed by atoms with Gasteiger partial charge in [-0.15, -0.1) is 0 Å². The summed E-state index contributed by atoms with van der Waals surface area (Å²) in [6.45, 7) is 0. The highest BCUT2D eigenvalue weighted by Gasteiger charge is 2.65. The highest BCUT2D eigenvalue weighted by molar-refractivity contribution is 5.92. The van der Waals surface area contributed by atoms with E-state index in [9.17, 15) is 14.7 Å². The van der Waals surface area contributed by atoms with Gasteiger partial charge in [0.2, 0.25) is 11.8 Å². The van der Waals surface area contributed by atoms with Crippen LogP contribution in [0.4, 0.5) is 5.69 Å². The Hall–Kier alpha value is -7.33. The van der Waals surface area contributed by atoms with Crippen molar-refractivity contribution in [3.63, 3.8) is 0 Å². The number of carbonyl (C=O) groups excluding carboxylic acids is 3. The fourth-order valence-electron chi connectivity index (χ4n) is 9.96. The van der Waals surface area contributed by atoms with Crippen LogP contribution in [0.5, 0.6) is 0 Å². The SMILES string of the molecule is COC(=O)[C@H](CC(=O)NC(c1ccccc1)(c1ccccc1)c1ccccc1)NC(=O)[C@@H]1C[C@]2(O)c3ccccc3N[C@@H]2N1C(c1ccccc1)(c1ccccc1)c1ccccc1. The van der Waals surface area contributed by atoms with Gasteiger partial charge in [0.15, 0.2) is 0 Å². The van der Waals surface area contributed by atoms with Crippen LogP contribution in [0.25, 0.3) is 0 Å². The predicted molar refractivity (Wildman–Crippen MR) is 243 cm³/mol. The summed E-state index contributed by atoms with van der Waals surface area (Å²) in [4.78, 5) is 46.0. The Morgan fingerprint density at radius 1 is 0.635 bits per heavy atom. The summed E-state index contributed by atoms with van der Waals surface area (Å²) in [6.07, 6.45) is -1.27. The van der Waals surface area contributed by atoms with E-state index in [1.807, 2.05) is 206 Å². The molecule has 0 aliphatic carbocycles. The molecule has 0 spiro atoms. The van der Waals surface area contributed by atoms with Crippen molar-refractivity contribution >= 4 is 23.5 Å². The third kappa shape index (κ3) is 7.15. The standard InChI is InChI=1S/C54H48N4O5/c1-63-50(61)46(36-48(59)57-53(38-22-8-2-9-23-38,39-24-10-3-11-25-39)40-26-12-4-13-27-40)55-49(60)47-37-52(62)44-34-20-21-35-45(44)56-51(52)58(47)54(41-28-14-5-15-29-41,42-30-16-6-17-31-42)43-32-18-7-19-33-43/h2-35,46-47,51,56,62H,36-37H2,1H3,(H,55,60)(H,57,59)/t46-,47-,51+,52-/m0/s1. The molecule has 9 heteroatoms.